The number of anilines is 1. The maximum Gasteiger partial charge on any atom is 0.254 e. The van der Waals surface area contributed by atoms with Crippen LogP contribution >= 0.6 is 15.9 Å². The van der Waals surface area contributed by atoms with Crippen molar-refractivity contribution < 1.29 is 18.7 Å². The Labute approximate surface area is 186 Å². The quantitative estimate of drug-likeness (QED) is 0.442. The number of pyridine rings is 1. The number of halogens is 3. The summed E-state index contributed by atoms with van der Waals surface area (Å²) in [5.74, 6) is -0.742. The first-order chi connectivity index (χ1) is 14.9. The van der Waals surface area contributed by atoms with Crippen molar-refractivity contribution in [3.63, 3.8) is 0 Å². The molecule has 0 unspecified atom stereocenters. The van der Waals surface area contributed by atoms with Crippen LogP contribution in [-0.2, 0) is 6.42 Å². The minimum Gasteiger partial charge on any atom is -0.506 e. The average Bonchev–Trinajstić information content (AvgIpc) is 2.76. The summed E-state index contributed by atoms with van der Waals surface area (Å²) in [5.41, 5.74) is 0.912. The van der Waals surface area contributed by atoms with Gasteiger partial charge in [-0.1, -0.05) is 15.9 Å². The van der Waals surface area contributed by atoms with Crippen molar-refractivity contribution in [1.29, 1.82) is 0 Å². The molecule has 3 aromatic rings. The van der Waals surface area contributed by atoms with E-state index in [1.165, 1.54) is 31.4 Å². The molecule has 3 N–H and O–H groups in total. The zero-order chi connectivity index (χ0) is 22.4. The SMILES string of the molecule is CNC(=O)c1cc(Br)cc(-c2ccc(NCC[C@H](F)Cc3ncccc3F)nn2)c1O. The van der Waals surface area contributed by atoms with E-state index in [1.807, 2.05) is 0 Å². The first kappa shape index (κ1) is 22.5. The lowest BCUT2D eigenvalue weighted by molar-refractivity contribution is 0.0960. The summed E-state index contributed by atoms with van der Waals surface area (Å²) in [6.07, 6.45) is 0.211. The second kappa shape index (κ2) is 10.3. The molecule has 1 atom stereocenters. The number of benzene rings is 1. The van der Waals surface area contributed by atoms with E-state index in [1.54, 1.807) is 18.2 Å². The average molecular weight is 492 g/mol. The van der Waals surface area contributed by atoms with Crippen molar-refractivity contribution >= 4 is 27.7 Å². The van der Waals surface area contributed by atoms with E-state index < -0.39 is 17.9 Å². The molecule has 1 aromatic carbocycles. The number of alkyl halides is 1. The predicted molar refractivity (Wildman–Crippen MR) is 116 cm³/mol. The third kappa shape index (κ3) is 5.72. The molecule has 3 rings (SSSR count). The summed E-state index contributed by atoms with van der Waals surface area (Å²) in [4.78, 5) is 15.8. The highest BCUT2D eigenvalue weighted by Crippen LogP contribution is 2.34. The van der Waals surface area contributed by atoms with Gasteiger partial charge in [-0.05, 0) is 42.8 Å². The molecule has 31 heavy (non-hydrogen) atoms. The van der Waals surface area contributed by atoms with Crippen LogP contribution in [0.4, 0.5) is 14.6 Å². The Bertz CT molecular complexity index is 1070. The highest BCUT2D eigenvalue weighted by atomic mass is 79.9. The maximum atomic E-state index is 14.1. The molecular formula is C21H20BrF2N5O2. The van der Waals surface area contributed by atoms with Gasteiger partial charge in [-0.15, -0.1) is 10.2 Å². The molecule has 0 fully saturated rings. The summed E-state index contributed by atoms with van der Waals surface area (Å²) < 4.78 is 28.3. The van der Waals surface area contributed by atoms with Crippen LogP contribution in [0, 0.1) is 5.82 Å². The van der Waals surface area contributed by atoms with E-state index in [-0.39, 0.29) is 36.4 Å². The van der Waals surface area contributed by atoms with E-state index in [9.17, 15) is 18.7 Å². The number of rotatable bonds is 8. The van der Waals surface area contributed by atoms with Gasteiger partial charge in [0.25, 0.3) is 5.91 Å². The number of amides is 1. The van der Waals surface area contributed by atoms with E-state index in [0.717, 1.165) is 0 Å². The minimum atomic E-state index is -1.26. The third-order valence-electron chi connectivity index (χ3n) is 4.50. The smallest absolute Gasteiger partial charge is 0.254 e. The number of aromatic hydroxyl groups is 1. The molecular weight excluding hydrogens is 472 g/mol. The zero-order valence-electron chi connectivity index (χ0n) is 16.6. The number of hydrogen-bond donors (Lipinski definition) is 3. The van der Waals surface area contributed by atoms with Crippen LogP contribution < -0.4 is 10.6 Å². The topological polar surface area (TPSA) is 100 Å². The van der Waals surface area contributed by atoms with Crippen LogP contribution in [-0.4, -0.2) is 46.0 Å². The minimum absolute atomic E-state index is 0.101. The Kier molecular flexibility index (Phi) is 7.45. The molecule has 0 saturated carbocycles. The predicted octanol–water partition coefficient (Wildman–Crippen LogP) is 3.89. The van der Waals surface area contributed by atoms with Crippen molar-refractivity contribution in [1.82, 2.24) is 20.5 Å². The van der Waals surface area contributed by atoms with Gasteiger partial charge in [0.05, 0.1) is 17.0 Å². The molecule has 162 valence electrons. The molecule has 2 aromatic heterocycles. The number of aromatic nitrogens is 3. The molecule has 0 aliphatic heterocycles. The molecule has 10 heteroatoms. The maximum absolute atomic E-state index is 14.1. The summed E-state index contributed by atoms with van der Waals surface area (Å²) in [5, 5.41) is 24.0. The fourth-order valence-electron chi connectivity index (χ4n) is 2.91. The van der Waals surface area contributed by atoms with Crippen LogP contribution in [0.5, 0.6) is 5.75 Å². The Morgan fingerprint density at radius 3 is 2.74 bits per heavy atom. The lowest BCUT2D eigenvalue weighted by atomic mass is 10.1. The molecule has 0 saturated heterocycles. The van der Waals surface area contributed by atoms with Crippen LogP contribution in [0.3, 0.4) is 0 Å². The number of phenolic OH excluding ortho intramolecular Hbond substituents is 1. The normalized spacial score (nSPS) is 11.7. The fourth-order valence-corrected chi connectivity index (χ4v) is 3.37. The van der Waals surface area contributed by atoms with Gasteiger partial charge >= 0.3 is 0 Å². The number of carbonyl (C=O) groups is 1. The van der Waals surface area contributed by atoms with Crippen LogP contribution in [0.2, 0.25) is 0 Å². The molecule has 0 bridgehead atoms. The van der Waals surface area contributed by atoms with Gasteiger partial charge in [0, 0.05) is 36.2 Å². The summed E-state index contributed by atoms with van der Waals surface area (Å²) in [6.45, 7) is 0.270. The number of nitrogens with zero attached hydrogens (tertiary/aromatic N) is 3. The van der Waals surface area contributed by atoms with E-state index >= 15 is 0 Å². The van der Waals surface area contributed by atoms with Gasteiger partial charge in [-0.3, -0.25) is 9.78 Å². The Morgan fingerprint density at radius 2 is 2.06 bits per heavy atom. The van der Waals surface area contributed by atoms with Crippen molar-refractivity contribution in [2.45, 2.75) is 19.0 Å². The lowest BCUT2D eigenvalue weighted by Crippen LogP contribution is -2.18. The van der Waals surface area contributed by atoms with Gasteiger partial charge in [0.2, 0.25) is 0 Å². The molecule has 0 spiro atoms. The second-order valence-corrected chi connectivity index (χ2v) is 7.60. The molecule has 1 amide bonds. The van der Waals surface area contributed by atoms with Crippen molar-refractivity contribution in [2.24, 2.45) is 0 Å². The van der Waals surface area contributed by atoms with Gasteiger partial charge < -0.3 is 15.7 Å². The van der Waals surface area contributed by atoms with Gasteiger partial charge in [0.1, 0.15) is 23.6 Å². The largest absolute Gasteiger partial charge is 0.506 e. The van der Waals surface area contributed by atoms with Gasteiger partial charge in [-0.2, -0.15) is 0 Å². The van der Waals surface area contributed by atoms with Crippen molar-refractivity contribution in [3.05, 3.63) is 64.1 Å². The molecule has 0 radical (unpaired) electrons. The molecule has 0 aliphatic carbocycles. The fraction of sp³-hybridized carbons (Fsp3) is 0.238. The number of hydrogen-bond acceptors (Lipinski definition) is 6. The number of carbonyl (C=O) groups excluding carboxylic acids is 1. The summed E-state index contributed by atoms with van der Waals surface area (Å²) in [7, 11) is 1.47. The molecule has 2 heterocycles. The van der Waals surface area contributed by atoms with E-state index in [2.05, 4.69) is 41.7 Å². The highest BCUT2D eigenvalue weighted by Gasteiger charge is 2.17. The van der Waals surface area contributed by atoms with Gasteiger partial charge in [-0.25, -0.2) is 8.78 Å². The number of nitrogens with one attached hydrogen (secondary N) is 2. The Balaban J connectivity index is 1.61. The van der Waals surface area contributed by atoms with Crippen molar-refractivity contribution in [2.75, 3.05) is 18.9 Å². The highest BCUT2D eigenvalue weighted by molar-refractivity contribution is 9.10. The molecule has 7 nitrogen and oxygen atoms in total. The van der Waals surface area contributed by atoms with Crippen LogP contribution in [0.15, 0.2) is 47.1 Å². The van der Waals surface area contributed by atoms with Crippen LogP contribution in [0.25, 0.3) is 11.3 Å². The zero-order valence-corrected chi connectivity index (χ0v) is 18.2. The molecule has 0 aliphatic rings. The standard InChI is InChI=1S/C21H20BrF2N5O2/c1-25-21(31)15-10-12(22)9-14(20(15)30)17-4-5-19(29-28-17)27-8-6-13(23)11-18-16(24)3-2-7-26-18/h2-5,7,9-10,13,30H,6,8,11H2,1H3,(H,25,31)(H,27,29)/t13-/m0/s1. The third-order valence-corrected chi connectivity index (χ3v) is 4.96. The van der Waals surface area contributed by atoms with E-state index in [0.29, 0.717) is 21.5 Å². The summed E-state index contributed by atoms with van der Waals surface area (Å²) >= 11 is 3.32. The lowest BCUT2D eigenvalue weighted by Gasteiger charge is -2.11. The Hall–Kier alpha value is -3.14. The number of phenols is 1. The van der Waals surface area contributed by atoms with Gasteiger partial charge in [0.15, 0.2) is 0 Å². The van der Waals surface area contributed by atoms with Crippen LogP contribution in [0.1, 0.15) is 22.5 Å². The first-order valence-electron chi connectivity index (χ1n) is 9.45. The Morgan fingerprint density at radius 1 is 1.26 bits per heavy atom. The van der Waals surface area contributed by atoms with E-state index in [4.69, 9.17) is 0 Å². The first-order valence-corrected chi connectivity index (χ1v) is 10.2. The second-order valence-electron chi connectivity index (χ2n) is 6.68. The van der Waals surface area contributed by atoms with Crippen molar-refractivity contribution in [3.8, 4) is 17.0 Å². The monoisotopic (exact) mass is 491 g/mol. The summed E-state index contributed by atoms with van der Waals surface area (Å²) in [6, 6.07) is 9.11.